The quantitative estimate of drug-likeness (QED) is 0.839. The van der Waals surface area contributed by atoms with Crippen LogP contribution >= 0.6 is 15.9 Å². The first-order valence-electron chi connectivity index (χ1n) is 4.83. The summed E-state index contributed by atoms with van der Waals surface area (Å²) in [6.45, 7) is 1.36. The van der Waals surface area contributed by atoms with E-state index in [9.17, 15) is 14.4 Å². The van der Waals surface area contributed by atoms with Crippen LogP contribution in [0.2, 0.25) is 0 Å². The van der Waals surface area contributed by atoms with E-state index in [1.54, 1.807) is 12.1 Å². The van der Waals surface area contributed by atoms with E-state index in [2.05, 4.69) is 15.9 Å². The first kappa shape index (κ1) is 11.8. The van der Waals surface area contributed by atoms with Crippen molar-refractivity contribution >= 4 is 39.3 Å². The summed E-state index contributed by atoms with van der Waals surface area (Å²) in [6.07, 6.45) is 0. The van der Waals surface area contributed by atoms with Gasteiger partial charge in [-0.2, -0.15) is 0 Å². The molecule has 0 aromatic heterocycles. The van der Waals surface area contributed by atoms with E-state index in [0.717, 1.165) is 4.90 Å². The summed E-state index contributed by atoms with van der Waals surface area (Å²) >= 11 is 3.22. The topological polar surface area (TPSA) is 74.7 Å². The third kappa shape index (κ3) is 1.74. The van der Waals surface area contributed by atoms with Gasteiger partial charge in [0.25, 0.3) is 11.7 Å². The molecule has 2 rings (SSSR count). The number of hydrogen-bond donors (Lipinski definition) is 1. The van der Waals surface area contributed by atoms with E-state index in [-0.39, 0.29) is 5.56 Å². The lowest BCUT2D eigenvalue weighted by atomic mass is 10.1. The van der Waals surface area contributed by atoms with Crippen LogP contribution in [0.25, 0.3) is 0 Å². The fourth-order valence-corrected chi connectivity index (χ4v) is 2.07. The Balaban J connectivity index is 2.57. The summed E-state index contributed by atoms with van der Waals surface area (Å²) in [4.78, 5) is 35.3. The number of ketones is 1. The van der Waals surface area contributed by atoms with Crippen LogP contribution in [0, 0.1) is 0 Å². The van der Waals surface area contributed by atoms with Gasteiger partial charge in [0.05, 0.1) is 11.3 Å². The number of Topliss-reactive ketones (excluding diaryl/α,β-unsaturated/α-hetero) is 1. The summed E-state index contributed by atoms with van der Waals surface area (Å²) in [5.74, 6) is -2.62. The molecule has 88 valence electrons. The third-order valence-corrected chi connectivity index (χ3v) is 3.11. The van der Waals surface area contributed by atoms with Crippen molar-refractivity contribution in [3.8, 4) is 0 Å². The van der Waals surface area contributed by atoms with E-state index in [1.807, 2.05) is 0 Å². The Bertz CT molecular complexity index is 540. The van der Waals surface area contributed by atoms with E-state index < -0.39 is 23.7 Å². The van der Waals surface area contributed by atoms with Crippen LogP contribution in [0.3, 0.4) is 0 Å². The second kappa shape index (κ2) is 3.96. The molecular formula is C11H8BrNO4. The monoisotopic (exact) mass is 297 g/mol. The Kier molecular flexibility index (Phi) is 2.74. The summed E-state index contributed by atoms with van der Waals surface area (Å²) in [6, 6.07) is 3.65. The molecule has 6 heteroatoms. The Labute approximate surface area is 105 Å². The normalized spacial score (nSPS) is 16.0. The predicted octanol–water partition coefficient (Wildman–Crippen LogP) is 1.45. The zero-order valence-electron chi connectivity index (χ0n) is 8.81. The number of fused-ring (bicyclic) bond motifs is 1. The molecule has 1 aromatic rings. The van der Waals surface area contributed by atoms with Crippen molar-refractivity contribution in [2.24, 2.45) is 0 Å². The summed E-state index contributed by atoms with van der Waals surface area (Å²) in [7, 11) is 0. The summed E-state index contributed by atoms with van der Waals surface area (Å²) in [5, 5.41) is 8.92. The van der Waals surface area contributed by atoms with E-state index in [0.29, 0.717) is 10.2 Å². The number of amides is 1. The van der Waals surface area contributed by atoms with E-state index in [4.69, 9.17) is 5.11 Å². The Morgan fingerprint density at radius 2 is 2.06 bits per heavy atom. The maximum atomic E-state index is 11.7. The number of rotatable bonds is 2. The average Bonchev–Trinajstić information content (AvgIpc) is 2.50. The third-order valence-electron chi connectivity index (χ3n) is 2.62. The van der Waals surface area contributed by atoms with Crippen molar-refractivity contribution in [3.05, 3.63) is 28.2 Å². The van der Waals surface area contributed by atoms with Crippen LogP contribution in [0.1, 0.15) is 17.3 Å². The van der Waals surface area contributed by atoms with Gasteiger partial charge in [0.1, 0.15) is 6.04 Å². The zero-order chi connectivity index (χ0) is 12.7. The molecule has 17 heavy (non-hydrogen) atoms. The van der Waals surface area contributed by atoms with Crippen LogP contribution in [-0.4, -0.2) is 28.8 Å². The van der Waals surface area contributed by atoms with Gasteiger partial charge in [-0.3, -0.25) is 14.5 Å². The fraction of sp³-hybridized carbons (Fsp3) is 0.182. The molecule has 0 fully saturated rings. The number of carbonyl (C=O) groups excluding carboxylic acids is 2. The van der Waals surface area contributed by atoms with Crippen molar-refractivity contribution in [2.75, 3.05) is 4.90 Å². The highest BCUT2D eigenvalue weighted by Crippen LogP contribution is 2.33. The molecule has 0 saturated carbocycles. The van der Waals surface area contributed by atoms with Gasteiger partial charge in [-0.25, -0.2) is 4.79 Å². The van der Waals surface area contributed by atoms with Gasteiger partial charge in [-0.05, 0) is 25.1 Å². The molecule has 1 N–H and O–H groups in total. The van der Waals surface area contributed by atoms with Gasteiger partial charge >= 0.3 is 5.97 Å². The Morgan fingerprint density at radius 1 is 1.41 bits per heavy atom. The molecule has 1 aliphatic rings. The number of carbonyl (C=O) groups is 3. The lowest BCUT2D eigenvalue weighted by molar-refractivity contribution is -0.139. The number of nitrogens with zero attached hydrogens (tertiary/aromatic N) is 1. The molecule has 5 nitrogen and oxygen atoms in total. The smallest absolute Gasteiger partial charge is 0.326 e. The minimum absolute atomic E-state index is 0.242. The van der Waals surface area contributed by atoms with Crippen molar-refractivity contribution in [3.63, 3.8) is 0 Å². The number of hydrogen-bond acceptors (Lipinski definition) is 3. The standard InChI is InChI=1S/C11H8BrNO4/c1-5(11(16)17)13-8-4-6(12)2-3-7(8)9(14)10(13)15/h2-5H,1H3,(H,16,17). The number of halogens is 1. The molecule has 0 bridgehead atoms. The van der Waals surface area contributed by atoms with E-state index in [1.165, 1.54) is 13.0 Å². The highest BCUT2D eigenvalue weighted by atomic mass is 79.9. The van der Waals surface area contributed by atoms with E-state index >= 15 is 0 Å². The maximum Gasteiger partial charge on any atom is 0.326 e. The number of carboxylic acids is 1. The van der Waals surface area contributed by atoms with Gasteiger partial charge in [0.2, 0.25) is 0 Å². The fourth-order valence-electron chi connectivity index (χ4n) is 1.73. The minimum atomic E-state index is -1.15. The highest BCUT2D eigenvalue weighted by Gasteiger charge is 2.40. The van der Waals surface area contributed by atoms with Gasteiger partial charge < -0.3 is 5.11 Å². The number of benzene rings is 1. The Hall–Kier alpha value is -1.69. The van der Waals surface area contributed by atoms with Crippen LogP contribution in [0.15, 0.2) is 22.7 Å². The zero-order valence-corrected chi connectivity index (χ0v) is 10.4. The molecule has 1 heterocycles. The van der Waals surface area contributed by atoms with Crippen molar-refractivity contribution in [2.45, 2.75) is 13.0 Å². The number of carboxylic acid groups (broad SMARTS) is 1. The molecule has 1 aliphatic heterocycles. The Morgan fingerprint density at radius 3 is 2.65 bits per heavy atom. The van der Waals surface area contributed by atoms with Crippen LogP contribution in [0.4, 0.5) is 5.69 Å². The molecular weight excluding hydrogens is 290 g/mol. The molecule has 1 aromatic carbocycles. The van der Waals surface area contributed by atoms with Crippen LogP contribution < -0.4 is 4.90 Å². The summed E-state index contributed by atoms with van der Waals surface area (Å²) < 4.78 is 0.682. The van der Waals surface area contributed by atoms with Crippen molar-refractivity contribution in [1.29, 1.82) is 0 Å². The highest BCUT2D eigenvalue weighted by molar-refractivity contribution is 9.10. The summed E-state index contributed by atoms with van der Waals surface area (Å²) in [5.41, 5.74) is 0.579. The minimum Gasteiger partial charge on any atom is -0.480 e. The van der Waals surface area contributed by atoms with Gasteiger partial charge in [0, 0.05) is 4.47 Å². The first-order valence-corrected chi connectivity index (χ1v) is 5.63. The van der Waals surface area contributed by atoms with Crippen molar-refractivity contribution in [1.82, 2.24) is 0 Å². The lowest BCUT2D eigenvalue weighted by Gasteiger charge is -2.20. The molecule has 0 radical (unpaired) electrons. The first-order chi connectivity index (χ1) is 7.93. The lowest BCUT2D eigenvalue weighted by Crippen LogP contribution is -2.42. The molecule has 0 aliphatic carbocycles. The van der Waals surface area contributed by atoms with Crippen molar-refractivity contribution < 1.29 is 19.5 Å². The molecule has 1 atom stereocenters. The average molecular weight is 298 g/mol. The number of aliphatic carboxylic acids is 1. The van der Waals surface area contributed by atoms with Crippen LogP contribution in [-0.2, 0) is 9.59 Å². The maximum absolute atomic E-state index is 11.7. The van der Waals surface area contributed by atoms with Gasteiger partial charge in [-0.1, -0.05) is 15.9 Å². The number of anilines is 1. The van der Waals surface area contributed by atoms with Gasteiger partial charge in [-0.15, -0.1) is 0 Å². The predicted molar refractivity (Wildman–Crippen MR) is 63.1 cm³/mol. The second-order valence-electron chi connectivity index (χ2n) is 3.68. The molecule has 0 saturated heterocycles. The molecule has 0 spiro atoms. The van der Waals surface area contributed by atoms with Crippen LogP contribution in [0.5, 0.6) is 0 Å². The second-order valence-corrected chi connectivity index (χ2v) is 4.60. The molecule has 1 amide bonds. The SMILES string of the molecule is CC(C(=O)O)N1C(=O)C(=O)c2ccc(Br)cc21. The molecule has 1 unspecified atom stereocenters. The van der Waals surface area contributed by atoms with Gasteiger partial charge in [0.15, 0.2) is 0 Å². The largest absolute Gasteiger partial charge is 0.480 e.